The van der Waals surface area contributed by atoms with Crippen molar-refractivity contribution in [3.63, 3.8) is 0 Å². The molecule has 0 bridgehead atoms. The summed E-state index contributed by atoms with van der Waals surface area (Å²) in [4.78, 5) is 11.7. The Morgan fingerprint density at radius 2 is 2.23 bits per heavy atom. The predicted octanol–water partition coefficient (Wildman–Crippen LogP) is 1.90. The first-order valence-corrected chi connectivity index (χ1v) is 4.87. The van der Waals surface area contributed by atoms with Crippen LogP contribution in [0.2, 0.25) is 0 Å². The second kappa shape index (κ2) is 4.18. The summed E-state index contributed by atoms with van der Waals surface area (Å²) in [6.45, 7) is 0. The number of benzene rings is 1. The topological polar surface area (TPSA) is 46.5 Å². The van der Waals surface area contributed by atoms with Crippen molar-refractivity contribution < 1.29 is 14.6 Å². The van der Waals surface area contributed by atoms with E-state index in [1.54, 1.807) is 18.4 Å². The number of ether oxygens (including phenoxy) is 1. The number of carbonyl (C=O) groups is 1. The Morgan fingerprint density at radius 3 is 2.77 bits per heavy atom. The Kier molecular flexibility index (Phi) is 3.19. The third kappa shape index (κ3) is 1.95. The second-order valence-electron chi connectivity index (χ2n) is 2.35. The molecule has 0 spiro atoms. The van der Waals surface area contributed by atoms with Crippen LogP contribution in [0.1, 0.15) is 10.4 Å². The van der Waals surface area contributed by atoms with Crippen molar-refractivity contribution in [2.75, 3.05) is 13.4 Å². The van der Waals surface area contributed by atoms with Gasteiger partial charge in [0.05, 0.1) is 17.6 Å². The van der Waals surface area contributed by atoms with E-state index in [0.29, 0.717) is 10.5 Å². The van der Waals surface area contributed by atoms with Gasteiger partial charge in [-0.1, -0.05) is 6.07 Å². The highest BCUT2D eigenvalue weighted by Gasteiger charge is 2.13. The first-order valence-electron chi connectivity index (χ1n) is 3.65. The highest BCUT2D eigenvalue weighted by molar-refractivity contribution is 7.98. The van der Waals surface area contributed by atoms with Crippen molar-refractivity contribution in [3.8, 4) is 5.75 Å². The summed E-state index contributed by atoms with van der Waals surface area (Å²) in [6.07, 6.45) is 1.79. The van der Waals surface area contributed by atoms with Crippen LogP contribution in [0.5, 0.6) is 5.75 Å². The minimum absolute atomic E-state index is 0.107. The largest absolute Gasteiger partial charge is 0.507 e. The number of rotatable bonds is 2. The number of phenolic OH excluding ortho intramolecular Hbond substituents is 1. The fourth-order valence-electron chi connectivity index (χ4n) is 1.01. The summed E-state index contributed by atoms with van der Waals surface area (Å²) in [5.41, 5.74) is 0.398. The first kappa shape index (κ1) is 9.92. The molecule has 0 atom stereocenters. The Hall–Kier alpha value is -1.16. The molecule has 13 heavy (non-hydrogen) atoms. The van der Waals surface area contributed by atoms with E-state index in [9.17, 15) is 9.90 Å². The third-order valence-corrected chi connectivity index (χ3v) is 2.44. The zero-order chi connectivity index (χ0) is 9.84. The zero-order valence-electron chi connectivity index (χ0n) is 7.40. The van der Waals surface area contributed by atoms with Gasteiger partial charge in [0.2, 0.25) is 0 Å². The van der Waals surface area contributed by atoms with Crippen LogP contribution >= 0.6 is 11.8 Å². The van der Waals surface area contributed by atoms with Crippen molar-refractivity contribution in [1.82, 2.24) is 0 Å². The molecule has 0 unspecified atom stereocenters. The number of hydrogen-bond donors (Lipinski definition) is 1. The van der Waals surface area contributed by atoms with Gasteiger partial charge in [-0.3, -0.25) is 0 Å². The number of carbonyl (C=O) groups excluding carboxylic acids is 1. The van der Waals surface area contributed by atoms with Crippen LogP contribution in [0.4, 0.5) is 0 Å². The summed E-state index contributed by atoms with van der Waals surface area (Å²) in [5.74, 6) is -0.323. The number of methoxy groups -OCH3 is 1. The van der Waals surface area contributed by atoms with Gasteiger partial charge in [-0.05, 0) is 18.4 Å². The fraction of sp³-hybridized carbons (Fsp3) is 0.222. The molecule has 0 heterocycles. The molecular formula is C9H10O3S. The summed E-state index contributed by atoms with van der Waals surface area (Å²) in [6, 6.07) is 4.77. The number of hydrogen-bond acceptors (Lipinski definition) is 4. The number of thioether (sulfide) groups is 1. The van der Waals surface area contributed by atoms with Gasteiger partial charge in [-0.2, -0.15) is 0 Å². The summed E-state index contributed by atoms with van der Waals surface area (Å²) in [5, 5.41) is 9.41. The Labute approximate surface area is 80.7 Å². The quantitative estimate of drug-likeness (QED) is 0.582. The van der Waals surface area contributed by atoms with Crippen LogP contribution in [0.25, 0.3) is 0 Å². The Morgan fingerprint density at radius 1 is 1.54 bits per heavy atom. The lowest BCUT2D eigenvalue weighted by atomic mass is 10.2. The van der Waals surface area contributed by atoms with Crippen molar-refractivity contribution in [3.05, 3.63) is 23.8 Å². The van der Waals surface area contributed by atoms with Gasteiger partial charge in [-0.15, -0.1) is 11.8 Å². The van der Waals surface area contributed by atoms with Crippen LogP contribution in [0, 0.1) is 0 Å². The van der Waals surface area contributed by atoms with Gasteiger partial charge in [0.15, 0.2) is 0 Å². The highest BCUT2D eigenvalue weighted by Crippen LogP contribution is 2.30. The number of aromatic hydroxyl groups is 1. The molecule has 0 radical (unpaired) electrons. The maximum atomic E-state index is 11.2. The standard InChI is InChI=1S/C9H10O3S/c1-12-9(11)6-4-3-5-7(10)8(6)13-2/h3-5,10H,1-2H3. The van der Waals surface area contributed by atoms with Gasteiger partial charge < -0.3 is 9.84 Å². The molecular weight excluding hydrogens is 188 g/mol. The maximum Gasteiger partial charge on any atom is 0.339 e. The highest BCUT2D eigenvalue weighted by atomic mass is 32.2. The molecule has 3 nitrogen and oxygen atoms in total. The predicted molar refractivity (Wildman–Crippen MR) is 51.2 cm³/mol. The average molecular weight is 198 g/mol. The van der Waals surface area contributed by atoms with Crippen molar-refractivity contribution in [1.29, 1.82) is 0 Å². The van der Waals surface area contributed by atoms with Crippen LogP contribution in [-0.2, 0) is 4.74 Å². The van der Waals surface area contributed by atoms with E-state index in [1.807, 2.05) is 0 Å². The van der Waals surface area contributed by atoms with Gasteiger partial charge in [0, 0.05) is 0 Å². The fourth-order valence-corrected chi connectivity index (χ4v) is 1.66. The SMILES string of the molecule is COC(=O)c1cccc(O)c1SC. The molecule has 4 heteroatoms. The van der Waals surface area contributed by atoms with Gasteiger partial charge in [0.25, 0.3) is 0 Å². The first-order chi connectivity index (χ1) is 6.20. The van der Waals surface area contributed by atoms with Crippen molar-refractivity contribution in [2.24, 2.45) is 0 Å². The molecule has 0 aliphatic carbocycles. The molecule has 70 valence electrons. The normalized spacial score (nSPS) is 9.69. The second-order valence-corrected chi connectivity index (χ2v) is 3.17. The van der Waals surface area contributed by atoms with E-state index in [0.717, 1.165) is 0 Å². The molecule has 0 amide bonds. The molecule has 1 N–H and O–H groups in total. The molecule has 0 saturated carbocycles. The van der Waals surface area contributed by atoms with E-state index in [1.165, 1.54) is 24.9 Å². The monoisotopic (exact) mass is 198 g/mol. The van der Waals surface area contributed by atoms with E-state index < -0.39 is 5.97 Å². The molecule has 0 aliphatic heterocycles. The molecule has 0 aromatic heterocycles. The summed E-state index contributed by atoms with van der Waals surface area (Å²) < 4.78 is 4.57. The molecule has 0 aliphatic rings. The molecule has 0 fully saturated rings. The maximum absolute atomic E-state index is 11.2. The van der Waals surface area contributed by atoms with Crippen LogP contribution in [0.15, 0.2) is 23.1 Å². The van der Waals surface area contributed by atoms with Gasteiger partial charge in [0.1, 0.15) is 5.75 Å². The van der Waals surface area contributed by atoms with Crippen LogP contribution in [-0.4, -0.2) is 24.4 Å². The third-order valence-electron chi connectivity index (χ3n) is 1.60. The van der Waals surface area contributed by atoms with E-state index >= 15 is 0 Å². The van der Waals surface area contributed by atoms with Gasteiger partial charge >= 0.3 is 5.97 Å². The minimum atomic E-state index is -0.430. The van der Waals surface area contributed by atoms with E-state index in [4.69, 9.17) is 0 Å². The van der Waals surface area contributed by atoms with Crippen molar-refractivity contribution in [2.45, 2.75) is 4.90 Å². The summed E-state index contributed by atoms with van der Waals surface area (Å²) in [7, 11) is 1.32. The van der Waals surface area contributed by atoms with Crippen LogP contribution in [0.3, 0.4) is 0 Å². The Bertz CT molecular complexity index is 323. The van der Waals surface area contributed by atoms with Crippen molar-refractivity contribution >= 4 is 17.7 Å². The molecule has 1 aromatic carbocycles. The molecule has 0 saturated heterocycles. The minimum Gasteiger partial charge on any atom is -0.507 e. The lowest BCUT2D eigenvalue weighted by Crippen LogP contribution is -2.02. The average Bonchev–Trinajstić information content (AvgIpc) is 2.16. The molecule has 1 rings (SSSR count). The lowest BCUT2D eigenvalue weighted by Gasteiger charge is -2.06. The van der Waals surface area contributed by atoms with E-state index in [2.05, 4.69) is 4.74 Å². The van der Waals surface area contributed by atoms with E-state index in [-0.39, 0.29) is 5.75 Å². The lowest BCUT2D eigenvalue weighted by molar-refractivity contribution is 0.0596. The number of phenols is 1. The van der Waals surface area contributed by atoms with Gasteiger partial charge in [-0.25, -0.2) is 4.79 Å². The van der Waals surface area contributed by atoms with Crippen LogP contribution < -0.4 is 0 Å². The zero-order valence-corrected chi connectivity index (χ0v) is 8.22. The smallest absolute Gasteiger partial charge is 0.339 e. The summed E-state index contributed by atoms with van der Waals surface area (Å²) >= 11 is 1.31. The number of esters is 1. The molecule has 1 aromatic rings. The Balaban J connectivity index is 3.20.